The van der Waals surface area contributed by atoms with Gasteiger partial charge < -0.3 is 15.4 Å². The molecule has 0 bridgehead atoms. The second-order valence-electron chi connectivity index (χ2n) is 5.49. The van der Waals surface area contributed by atoms with Gasteiger partial charge in [-0.15, -0.1) is 0 Å². The number of aromatic nitrogens is 2. The second-order valence-corrected chi connectivity index (χ2v) is 5.49. The summed E-state index contributed by atoms with van der Waals surface area (Å²) < 4.78 is 13.4. The summed E-state index contributed by atoms with van der Waals surface area (Å²) in [5, 5.41) is 12.9. The summed E-state index contributed by atoms with van der Waals surface area (Å²) in [7, 11) is 0. The Morgan fingerprint density at radius 3 is 2.91 bits per heavy atom. The second kappa shape index (κ2) is 6.08. The Kier molecular flexibility index (Phi) is 3.97. The van der Waals surface area contributed by atoms with Crippen LogP contribution < -0.4 is 5.32 Å². The number of rotatable bonds is 5. The van der Waals surface area contributed by atoms with Crippen LogP contribution in [0.5, 0.6) is 0 Å². The molecule has 118 valence electrons. The minimum Gasteiger partial charge on any atom is -0.478 e. The van der Waals surface area contributed by atoms with Crippen molar-refractivity contribution in [3.63, 3.8) is 0 Å². The number of nitrogens with one attached hydrogen (secondary N) is 2. The number of benzene rings is 1. The minimum atomic E-state index is -1.00. The lowest BCUT2D eigenvalue weighted by Gasteiger charge is -2.14. The van der Waals surface area contributed by atoms with E-state index in [2.05, 4.69) is 15.3 Å². The van der Waals surface area contributed by atoms with Crippen LogP contribution >= 0.6 is 0 Å². The number of carboxylic acid groups (broad SMARTS) is 1. The maximum absolute atomic E-state index is 13.4. The number of fused-ring (bicyclic) bond motifs is 1. The molecule has 1 aromatic carbocycles. The molecule has 2 aromatic heterocycles. The molecule has 0 aliphatic rings. The molecule has 1 atom stereocenters. The molecule has 23 heavy (non-hydrogen) atoms. The van der Waals surface area contributed by atoms with Crippen LogP contribution in [0.2, 0.25) is 0 Å². The van der Waals surface area contributed by atoms with Crippen molar-refractivity contribution in [3.05, 3.63) is 59.7 Å². The highest BCUT2D eigenvalue weighted by Crippen LogP contribution is 2.21. The van der Waals surface area contributed by atoms with Crippen LogP contribution in [0.1, 0.15) is 22.8 Å². The molecule has 3 aromatic rings. The first-order valence-electron chi connectivity index (χ1n) is 7.24. The number of carbonyl (C=O) groups is 1. The van der Waals surface area contributed by atoms with E-state index in [4.69, 9.17) is 5.11 Å². The minimum absolute atomic E-state index is 0.0560. The standard InChI is InChI=1S/C17H16FN3O2/c1-10(21-16-5-2-11(8-20-16)17(22)23)6-12-9-19-15-4-3-13(18)7-14(12)15/h2-5,7-10,19H,6H2,1H3,(H,20,21)(H,22,23). The van der Waals surface area contributed by atoms with Gasteiger partial charge in [0.15, 0.2) is 0 Å². The maximum Gasteiger partial charge on any atom is 0.337 e. The van der Waals surface area contributed by atoms with Crippen molar-refractivity contribution >= 4 is 22.7 Å². The van der Waals surface area contributed by atoms with Crippen molar-refractivity contribution in [2.24, 2.45) is 0 Å². The number of halogens is 1. The highest BCUT2D eigenvalue weighted by Gasteiger charge is 2.10. The van der Waals surface area contributed by atoms with Crippen molar-refractivity contribution in [1.82, 2.24) is 9.97 Å². The third-order valence-corrected chi connectivity index (χ3v) is 3.66. The van der Waals surface area contributed by atoms with Crippen molar-refractivity contribution in [2.45, 2.75) is 19.4 Å². The number of hydrogen-bond acceptors (Lipinski definition) is 3. The zero-order valence-electron chi connectivity index (χ0n) is 12.5. The molecular weight excluding hydrogens is 297 g/mol. The van der Waals surface area contributed by atoms with E-state index in [0.717, 1.165) is 16.5 Å². The Bertz CT molecular complexity index is 843. The SMILES string of the molecule is CC(Cc1c[nH]c2ccc(F)cc12)Nc1ccc(C(=O)O)cn1. The zero-order valence-corrected chi connectivity index (χ0v) is 12.5. The van der Waals surface area contributed by atoms with Gasteiger partial charge in [-0.1, -0.05) is 0 Å². The number of anilines is 1. The fourth-order valence-electron chi connectivity index (χ4n) is 2.56. The monoisotopic (exact) mass is 313 g/mol. The lowest BCUT2D eigenvalue weighted by Crippen LogP contribution is -2.18. The van der Waals surface area contributed by atoms with E-state index in [-0.39, 0.29) is 17.4 Å². The van der Waals surface area contributed by atoms with E-state index in [9.17, 15) is 9.18 Å². The van der Waals surface area contributed by atoms with Crippen LogP contribution in [0.4, 0.5) is 10.2 Å². The molecule has 0 saturated carbocycles. The summed E-state index contributed by atoms with van der Waals surface area (Å²) in [4.78, 5) is 18.0. The number of nitrogens with zero attached hydrogens (tertiary/aromatic N) is 1. The molecule has 0 saturated heterocycles. The van der Waals surface area contributed by atoms with Gasteiger partial charge in [0.25, 0.3) is 0 Å². The quantitative estimate of drug-likeness (QED) is 0.674. The Morgan fingerprint density at radius 2 is 2.22 bits per heavy atom. The summed E-state index contributed by atoms with van der Waals surface area (Å²) in [5.74, 6) is -0.656. The van der Waals surface area contributed by atoms with Gasteiger partial charge in [-0.3, -0.25) is 0 Å². The maximum atomic E-state index is 13.4. The van der Waals surface area contributed by atoms with Crippen LogP contribution in [0.15, 0.2) is 42.7 Å². The Hall–Kier alpha value is -2.89. The van der Waals surface area contributed by atoms with E-state index >= 15 is 0 Å². The summed E-state index contributed by atoms with van der Waals surface area (Å²) in [6.45, 7) is 1.99. The van der Waals surface area contributed by atoms with Gasteiger partial charge in [0.1, 0.15) is 11.6 Å². The van der Waals surface area contributed by atoms with E-state index < -0.39 is 5.97 Å². The van der Waals surface area contributed by atoms with Crippen LogP contribution in [0, 0.1) is 5.82 Å². The first-order valence-corrected chi connectivity index (χ1v) is 7.24. The van der Waals surface area contributed by atoms with E-state index in [0.29, 0.717) is 12.2 Å². The molecule has 3 rings (SSSR count). The van der Waals surface area contributed by atoms with Crippen LogP contribution in [-0.2, 0) is 6.42 Å². The van der Waals surface area contributed by atoms with Crippen molar-refractivity contribution in [3.8, 4) is 0 Å². The molecule has 6 heteroatoms. The molecule has 1 unspecified atom stereocenters. The summed E-state index contributed by atoms with van der Waals surface area (Å²) in [6.07, 6.45) is 3.88. The number of aromatic carboxylic acids is 1. The fraction of sp³-hybridized carbons (Fsp3) is 0.176. The molecular formula is C17H16FN3O2. The molecule has 0 fully saturated rings. The Labute approximate surface area is 132 Å². The van der Waals surface area contributed by atoms with Gasteiger partial charge in [0, 0.05) is 29.3 Å². The highest BCUT2D eigenvalue weighted by atomic mass is 19.1. The van der Waals surface area contributed by atoms with E-state index in [1.54, 1.807) is 12.1 Å². The summed E-state index contributed by atoms with van der Waals surface area (Å²) in [5.41, 5.74) is 2.06. The topological polar surface area (TPSA) is 78.0 Å². The molecule has 5 nitrogen and oxygen atoms in total. The highest BCUT2D eigenvalue weighted by molar-refractivity contribution is 5.87. The molecule has 0 aliphatic heterocycles. The van der Waals surface area contributed by atoms with Crippen molar-refractivity contribution < 1.29 is 14.3 Å². The summed E-state index contributed by atoms with van der Waals surface area (Å²) in [6, 6.07) is 7.87. The Morgan fingerprint density at radius 1 is 1.39 bits per heavy atom. The van der Waals surface area contributed by atoms with Gasteiger partial charge in [0.05, 0.1) is 5.56 Å². The van der Waals surface area contributed by atoms with Crippen molar-refractivity contribution in [1.29, 1.82) is 0 Å². The predicted molar refractivity (Wildman–Crippen MR) is 86.2 cm³/mol. The average molecular weight is 313 g/mol. The van der Waals surface area contributed by atoms with Crippen LogP contribution in [0.25, 0.3) is 10.9 Å². The molecule has 2 heterocycles. The number of carboxylic acids is 1. The number of pyridine rings is 1. The molecule has 0 amide bonds. The van der Waals surface area contributed by atoms with E-state index in [1.165, 1.54) is 24.4 Å². The van der Waals surface area contributed by atoms with E-state index in [1.807, 2.05) is 13.1 Å². The number of H-pyrrole nitrogens is 1. The van der Waals surface area contributed by atoms with Gasteiger partial charge in [-0.25, -0.2) is 14.2 Å². The lowest BCUT2D eigenvalue weighted by atomic mass is 10.1. The van der Waals surface area contributed by atoms with Gasteiger partial charge in [-0.2, -0.15) is 0 Å². The average Bonchev–Trinajstić information content (AvgIpc) is 2.90. The van der Waals surface area contributed by atoms with Gasteiger partial charge >= 0.3 is 5.97 Å². The number of aromatic amines is 1. The normalized spacial score (nSPS) is 12.3. The first kappa shape index (κ1) is 15.0. The molecule has 0 spiro atoms. The van der Waals surface area contributed by atoms with Gasteiger partial charge in [-0.05, 0) is 49.2 Å². The van der Waals surface area contributed by atoms with Crippen LogP contribution in [-0.4, -0.2) is 27.1 Å². The predicted octanol–water partition coefficient (Wildman–Crippen LogP) is 3.44. The van der Waals surface area contributed by atoms with Crippen molar-refractivity contribution in [2.75, 3.05) is 5.32 Å². The lowest BCUT2D eigenvalue weighted by molar-refractivity contribution is 0.0696. The summed E-state index contributed by atoms with van der Waals surface area (Å²) >= 11 is 0. The third-order valence-electron chi connectivity index (χ3n) is 3.66. The fourth-order valence-corrected chi connectivity index (χ4v) is 2.56. The van der Waals surface area contributed by atoms with Crippen LogP contribution in [0.3, 0.4) is 0 Å². The smallest absolute Gasteiger partial charge is 0.337 e. The molecule has 3 N–H and O–H groups in total. The Balaban J connectivity index is 1.72. The molecule has 0 aliphatic carbocycles. The van der Waals surface area contributed by atoms with Gasteiger partial charge in [0.2, 0.25) is 0 Å². The molecule has 0 radical (unpaired) electrons. The number of hydrogen-bond donors (Lipinski definition) is 3. The largest absolute Gasteiger partial charge is 0.478 e. The zero-order chi connectivity index (χ0) is 16.4. The first-order chi connectivity index (χ1) is 11.0. The third kappa shape index (κ3) is 3.31.